The monoisotopic (exact) mass is 496 g/mol. The molecule has 3 aliphatic heterocycles. The van der Waals surface area contributed by atoms with Crippen LogP contribution in [0, 0.1) is 16.7 Å². The lowest BCUT2D eigenvalue weighted by atomic mass is 9.48. The van der Waals surface area contributed by atoms with Crippen molar-refractivity contribution < 1.29 is 29.1 Å². The number of nitrogens with one attached hydrogen (secondary N) is 2. The maximum absolute atomic E-state index is 13.0. The van der Waals surface area contributed by atoms with Gasteiger partial charge in [0.25, 0.3) is 11.8 Å². The Bertz CT molecular complexity index is 1170. The van der Waals surface area contributed by atoms with Gasteiger partial charge in [0.1, 0.15) is 6.04 Å². The summed E-state index contributed by atoms with van der Waals surface area (Å²) >= 11 is 0. The van der Waals surface area contributed by atoms with Crippen LogP contribution in [-0.2, 0) is 9.59 Å². The standard InChI is InChI=1S/C26H32N4O6/c1-25(2,3)23-26(13-29(23)24(35)36)11-14(12-26)8-9-27-15-4-5-16-17(10-15)22(34)30(21(16)33)18-6-7-19(31)28-20(18)32/h4-5,10,14,18,23,27H,6-9,11-13H2,1-3H3,(H,35,36)(H,28,31,32). The van der Waals surface area contributed by atoms with Crippen molar-refractivity contribution >= 4 is 35.4 Å². The van der Waals surface area contributed by atoms with E-state index in [1.54, 1.807) is 23.1 Å². The van der Waals surface area contributed by atoms with Crippen LogP contribution < -0.4 is 10.6 Å². The van der Waals surface area contributed by atoms with E-state index in [4.69, 9.17) is 0 Å². The largest absolute Gasteiger partial charge is 0.465 e. The average Bonchev–Trinajstić information content (AvgIpc) is 2.97. The fourth-order valence-electron chi connectivity index (χ4n) is 6.95. The number of imide groups is 2. The van der Waals surface area contributed by atoms with Crippen molar-refractivity contribution in [2.24, 2.45) is 16.7 Å². The molecule has 1 aromatic carbocycles. The highest BCUT2D eigenvalue weighted by atomic mass is 16.4. The van der Waals surface area contributed by atoms with E-state index in [0.717, 1.165) is 29.8 Å². The van der Waals surface area contributed by atoms with E-state index in [2.05, 4.69) is 31.4 Å². The molecule has 2 atom stereocenters. The molecule has 1 saturated carbocycles. The van der Waals surface area contributed by atoms with Gasteiger partial charge in [0, 0.05) is 36.7 Å². The predicted molar refractivity (Wildman–Crippen MR) is 129 cm³/mol. The Hall–Kier alpha value is -3.43. The Balaban J connectivity index is 1.17. The lowest BCUT2D eigenvalue weighted by molar-refractivity contribution is -0.172. The van der Waals surface area contributed by atoms with Crippen LogP contribution >= 0.6 is 0 Å². The van der Waals surface area contributed by atoms with Gasteiger partial charge in [-0.1, -0.05) is 20.8 Å². The van der Waals surface area contributed by atoms with Crippen molar-refractivity contribution in [2.45, 2.75) is 65.0 Å². The number of carbonyl (C=O) groups excluding carboxylic acids is 4. The predicted octanol–water partition coefficient (Wildman–Crippen LogP) is 2.69. The minimum absolute atomic E-state index is 0.0410. The molecule has 192 valence electrons. The maximum Gasteiger partial charge on any atom is 0.407 e. The van der Waals surface area contributed by atoms with E-state index in [0.29, 0.717) is 19.0 Å². The van der Waals surface area contributed by atoms with Crippen molar-refractivity contribution in [2.75, 3.05) is 18.4 Å². The number of amides is 5. The van der Waals surface area contributed by atoms with Crippen LogP contribution in [0.15, 0.2) is 18.2 Å². The SMILES string of the molecule is CC(C)(C)C1N(C(=O)O)CC12CC(CCNc1ccc3c(c1)C(=O)N(C1CCC(=O)NC1=O)C3=O)C2. The first kappa shape index (κ1) is 24.3. The van der Waals surface area contributed by atoms with Gasteiger partial charge in [-0.3, -0.25) is 29.4 Å². The first-order valence-electron chi connectivity index (χ1n) is 12.5. The van der Waals surface area contributed by atoms with Crippen molar-refractivity contribution in [1.82, 2.24) is 15.1 Å². The van der Waals surface area contributed by atoms with Crippen molar-refractivity contribution in [3.8, 4) is 0 Å². The summed E-state index contributed by atoms with van der Waals surface area (Å²) in [6, 6.07) is 4.07. The molecule has 3 fully saturated rings. The van der Waals surface area contributed by atoms with Gasteiger partial charge in [0.2, 0.25) is 11.8 Å². The number of carboxylic acid groups (broad SMARTS) is 1. The summed E-state index contributed by atoms with van der Waals surface area (Å²) in [5.41, 5.74) is 1.23. The Labute approximate surface area is 209 Å². The van der Waals surface area contributed by atoms with Gasteiger partial charge < -0.3 is 15.3 Å². The van der Waals surface area contributed by atoms with Crippen molar-refractivity contribution in [3.63, 3.8) is 0 Å². The molecule has 1 aliphatic carbocycles. The lowest BCUT2D eigenvalue weighted by Crippen LogP contribution is -2.74. The minimum Gasteiger partial charge on any atom is -0.465 e. The van der Waals surface area contributed by atoms with Crippen LogP contribution in [-0.4, -0.2) is 69.8 Å². The molecule has 3 N–H and O–H groups in total. The highest BCUT2D eigenvalue weighted by Crippen LogP contribution is 2.61. The molecule has 2 saturated heterocycles. The zero-order valence-corrected chi connectivity index (χ0v) is 20.8. The fraction of sp³-hybridized carbons (Fsp3) is 0.577. The van der Waals surface area contributed by atoms with Crippen LogP contribution in [0.5, 0.6) is 0 Å². The highest BCUT2D eigenvalue weighted by molar-refractivity contribution is 6.23. The van der Waals surface area contributed by atoms with Crippen LogP contribution in [0.25, 0.3) is 0 Å². The molecule has 36 heavy (non-hydrogen) atoms. The van der Waals surface area contributed by atoms with Gasteiger partial charge >= 0.3 is 6.09 Å². The number of hydrogen-bond acceptors (Lipinski definition) is 6. The van der Waals surface area contributed by atoms with E-state index in [1.165, 1.54) is 0 Å². The minimum atomic E-state index is -0.974. The first-order chi connectivity index (χ1) is 16.9. The van der Waals surface area contributed by atoms with Gasteiger partial charge in [-0.15, -0.1) is 0 Å². The maximum atomic E-state index is 13.0. The number of fused-ring (bicyclic) bond motifs is 1. The van der Waals surface area contributed by atoms with Gasteiger partial charge in [0.15, 0.2) is 0 Å². The summed E-state index contributed by atoms with van der Waals surface area (Å²) in [6.07, 6.45) is 2.33. The molecule has 4 aliphatic rings. The van der Waals surface area contributed by atoms with E-state index in [9.17, 15) is 29.1 Å². The van der Waals surface area contributed by atoms with Gasteiger partial charge in [-0.2, -0.15) is 0 Å². The van der Waals surface area contributed by atoms with Crippen LogP contribution in [0.2, 0.25) is 0 Å². The number of anilines is 1. The third-order valence-electron chi connectivity index (χ3n) is 8.15. The molecule has 0 bridgehead atoms. The molecule has 3 heterocycles. The molecule has 5 amide bonds. The molecule has 0 aromatic heterocycles. The molecule has 1 aromatic rings. The quantitative estimate of drug-likeness (QED) is 0.533. The van der Waals surface area contributed by atoms with E-state index in [-0.39, 0.29) is 40.8 Å². The number of hydrogen-bond donors (Lipinski definition) is 3. The second kappa shape index (κ2) is 8.31. The van der Waals surface area contributed by atoms with Crippen molar-refractivity contribution in [1.29, 1.82) is 0 Å². The van der Waals surface area contributed by atoms with Crippen LogP contribution in [0.3, 0.4) is 0 Å². The number of rotatable bonds is 5. The highest BCUT2D eigenvalue weighted by Gasteiger charge is 2.63. The zero-order valence-electron chi connectivity index (χ0n) is 20.8. The fourth-order valence-corrected chi connectivity index (χ4v) is 6.95. The molecule has 10 nitrogen and oxygen atoms in total. The summed E-state index contributed by atoms with van der Waals surface area (Å²) < 4.78 is 0. The zero-order chi connectivity index (χ0) is 26.0. The molecule has 0 radical (unpaired) electrons. The smallest absolute Gasteiger partial charge is 0.407 e. The van der Waals surface area contributed by atoms with E-state index >= 15 is 0 Å². The topological polar surface area (TPSA) is 136 Å². The number of carbonyl (C=O) groups is 5. The summed E-state index contributed by atoms with van der Waals surface area (Å²) in [5.74, 6) is -1.54. The lowest BCUT2D eigenvalue weighted by Gasteiger charge is -2.67. The summed E-state index contributed by atoms with van der Waals surface area (Å²) in [5, 5.41) is 15.0. The second-order valence-corrected chi connectivity index (χ2v) is 11.7. The van der Waals surface area contributed by atoms with E-state index < -0.39 is 35.8 Å². The Kier molecular flexibility index (Phi) is 5.61. The molecule has 2 unspecified atom stereocenters. The summed E-state index contributed by atoms with van der Waals surface area (Å²) in [6.45, 7) is 7.61. The molecule has 10 heteroatoms. The summed E-state index contributed by atoms with van der Waals surface area (Å²) in [7, 11) is 0. The molecular formula is C26H32N4O6. The normalized spacial score (nSPS) is 29.6. The van der Waals surface area contributed by atoms with Crippen LogP contribution in [0.1, 0.15) is 73.6 Å². The molecule has 1 spiro atoms. The molecular weight excluding hydrogens is 464 g/mol. The van der Waals surface area contributed by atoms with Gasteiger partial charge in [-0.05, 0) is 55.2 Å². The van der Waals surface area contributed by atoms with Gasteiger partial charge in [0.05, 0.1) is 11.1 Å². The third-order valence-corrected chi connectivity index (χ3v) is 8.15. The Morgan fingerprint density at radius 1 is 1.14 bits per heavy atom. The second-order valence-electron chi connectivity index (χ2n) is 11.7. The average molecular weight is 497 g/mol. The molecule has 5 rings (SSSR count). The number of likely N-dealkylation sites (tertiary alicyclic amines) is 1. The van der Waals surface area contributed by atoms with E-state index in [1.807, 2.05) is 0 Å². The Morgan fingerprint density at radius 3 is 2.47 bits per heavy atom. The summed E-state index contributed by atoms with van der Waals surface area (Å²) in [4.78, 5) is 63.6. The Morgan fingerprint density at radius 2 is 1.83 bits per heavy atom. The third kappa shape index (κ3) is 3.83. The first-order valence-corrected chi connectivity index (χ1v) is 12.5. The van der Waals surface area contributed by atoms with Gasteiger partial charge in [-0.25, -0.2) is 4.79 Å². The number of piperidine rings is 1. The van der Waals surface area contributed by atoms with Crippen LogP contribution in [0.4, 0.5) is 10.5 Å². The van der Waals surface area contributed by atoms with Crippen molar-refractivity contribution in [3.05, 3.63) is 29.3 Å². The number of nitrogens with zero attached hydrogens (tertiary/aromatic N) is 2. The number of benzene rings is 1.